The van der Waals surface area contributed by atoms with Crippen LogP contribution >= 0.6 is 0 Å². The quantitative estimate of drug-likeness (QED) is 0.441. The van der Waals surface area contributed by atoms with Crippen LogP contribution in [-0.4, -0.2) is 99.1 Å². The molecule has 14 nitrogen and oxygen atoms in total. The van der Waals surface area contributed by atoms with Gasteiger partial charge in [-0.15, -0.1) is 0 Å². The number of carboxylic acid groups (broad SMARTS) is 1. The normalized spacial score (nSPS) is 17.7. The SMILES string of the molecule is CC(C)COC(=O)[C@H]1CN(c2ncc3c(n2)CCN(CNC(=O)OC(C)(C)C)C3)CCN1c1ncc(C(=O)O)cn1. The van der Waals surface area contributed by atoms with Gasteiger partial charge in [0, 0.05) is 56.8 Å². The van der Waals surface area contributed by atoms with Gasteiger partial charge in [-0.2, -0.15) is 0 Å². The molecule has 4 rings (SSSR count). The Labute approximate surface area is 239 Å². The molecular formula is C27H38N8O6. The summed E-state index contributed by atoms with van der Waals surface area (Å²) in [6, 6.07) is -0.729. The predicted octanol–water partition coefficient (Wildman–Crippen LogP) is 1.70. The zero-order valence-electron chi connectivity index (χ0n) is 24.2. The van der Waals surface area contributed by atoms with E-state index in [1.165, 1.54) is 12.4 Å². The van der Waals surface area contributed by atoms with Crippen LogP contribution in [0.25, 0.3) is 0 Å². The number of carboxylic acids is 1. The summed E-state index contributed by atoms with van der Waals surface area (Å²) in [7, 11) is 0. The van der Waals surface area contributed by atoms with E-state index in [0.717, 1.165) is 11.3 Å². The number of alkyl carbamates (subject to hydrolysis) is 1. The van der Waals surface area contributed by atoms with Crippen molar-refractivity contribution in [1.82, 2.24) is 30.2 Å². The van der Waals surface area contributed by atoms with Crippen LogP contribution in [0, 0.1) is 5.92 Å². The van der Waals surface area contributed by atoms with Gasteiger partial charge in [0.25, 0.3) is 0 Å². The Kier molecular flexibility index (Phi) is 9.21. The molecular weight excluding hydrogens is 532 g/mol. The Hall–Kier alpha value is -4.07. The van der Waals surface area contributed by atoms with Gasteiger partial charge in [-0.05, 0) is 26.7 Å². The standard InChI is InChI=1S/C27H38N8O6/c1-17(2)15-40-23(38)21-14-34(8-9-35(21)24-28-10-18(11-29-24)22(36)37)25-30-12-19-13-33(7-6-20(19)32-25)16-31-26(39)41-27(3,4)5/h10-12,17,21H,6-9,13-16H2,1-5H3,(H,31,39)(H,36,37)/t21-/m1/s1. The van der Waals surface area contributed by atoms with Crippen LogP contribution in [0.15, 0.2) is 18.6 Å². The Balaban J connectivity index is 1.44. The summed E-state index contributed by atoms with van der Waals surface area (Å²) >= 11 is 0. The van der Waals surface area contributed by atoms with E-state index in [4.69, 9.17) is 14.5 Å². The third kappa shape index (κ3) is 7.99. The molecule has 0 bridgehead atoms. The number of aromatic carboxylic acids is 1. The van der Waals surface area contributed by atoms with E-state index in [-0.39, 0.29) is 30.6 Å². The van der Waals surface area contributed by atoms with Gasteiger partial charge in [0.05, 0.1) is 31.1 Å². The molecule has 2 aliphatic heterocycles. The fraction of sp³-hybridized carbons (Fsp3) is 0.593. The molecule has 2 aromatic heterocycles. The largest absolute Gasteiger partial charge is 0.478 e. The first kappa shape index (κ1) is 29.9. The first-order valence-electron chi connectivity index (χ1n) is 13.7. The molecule has 0 unspecified atom stereocenters. The summed E-state index contributed by atoms with van der Waals surface area (Å²) in [5.41, 5.74) is 1.31. The first-order valence-corrected chi connectivity index (χ1v) is 13.7. The zero-order valence-corrected chi connectivity index (χ0v) is 24.2. The Morgan fingerprint density at radius 2 is 1.78 bits per heavy atom. The van der Waals surface area contributed by atoms with Crippen molar-refractivity contribution in [3.05, 3.63) is 35.4 Å². The van der Waals surface area contributed by atoms with Crippen molar-refractivity contribution in [3.8, 4) is 0 Å². The molecule has 2 N–H and O–H groups in total. The molecule has 0 radical (unpaired) electrons. The number of hydrogen-bond donors (Lipinski definition) is 2. The smallest absolute Gasteiger partial charge is 0.408 e. The molecule has 1 amide bonds. The van der Waals surface area contributed by atoms with E-state index >= 15 is 0 Å². The lowest BCUT2D eigenvalue weighted by atomic mass is 10.1. The minimum absolute atomic E-state index is 0.0343. The number of anilines is 2. The molecule has 4 heterocycles. The average molecular weight is 571 g/mol. The van der Waals surface area contributed by atoms with Crippen LogP contribution < -0.4 is 15.1 Å². The molecule has 1 fully saturated rings. The second-order valence-electron chi connectivity index (χ2n) is 11.5. The van der Waals surface area contributed by atoms with Gasteiger partial charge in [-0.3, -0.25) is 4.90 Å². The van der Waals surface area contributed by atoms with Crippen molar-refractivity contribution >= 4 is 29.9 Å². The highest BCUT2D eigenvalue weighted by atomic mass is 16.6. The Bertz CT molecular complexity index is 1250. The zero-order chi connectivity index (χ0) is 29.7. The Morgan fingerprint density at radius 3 is 2.44 bits per heavy atom. The van der Waals surface area contributed by atoms with Gasteiger partial charge in [0.15, 0.2) is 0 Å². The molecule has 0 aliphatic carbocycles. The van der Waals surface area contributed by atoms with Crippen LogP contribution in [0.4, 0.5) is 16.7 Å². The van der Waals surface area contributed by atoms with E-state index in [9.17, 15) is 19.5 Å². The first-order chi connectivity index (χ1) is 19.4. The summed E-state index contributed by atoms with van der Waals surface area (Å²) in [6.45, 7) is 12.5. The molecule has 14 heteroatoms. The highest BCUT2D eigenvalue weighted by molar-refractivity contribution is 5.87. The number of ether oxygens (including phenoxy) is 2. The number of carbonyl (C=O) groups is 3. The van der Waals surface area contributed by atoms with Gasteiger partial charge >= 0.3 is 18.0 Å². The summed E-state index contributed by atoms with van der Waals surface area (Å²) in [6.07, 6.45) is 4.48. The van der Waals surface area contributed by atoms with Crippen molar-refractivity contribution in [1.29, 1.82) is 0 Å². The van der Waals surface area contributed by atoms with E-state index < -0.39 is 29.7 Å². The maximum Gasteiger partial charge on any atom is 0.408 e. The van der Waals surface area contributed by atoms with Crippen molar-refractivity contribution in [3.63, 3.8) is 0 Å². The van der Waals surface area contributed by atoms with Gasteiger partial charge in [0.2, 0.25) is 11.9 Å². The minimum Gasteiger partial charge on any atom is -0.478 e. The lowest BCUT2D eigenvalue weighted by Gasteiger charge is -2.40. The molecule has 41 heavy (non-hydrogen) atoms. The molecule has 2 aliphatic rings. The van der Waals surface area contributed by atoms with Crippen molar-refractivity contribution in [2.24, 2.45) is 5.92 Å². The number of rotatable bonds is 8. The van der Waals surface area contributed by atoms with Crippen molar-refractivity contribution in [2.75, 3.05) is 49.3 Å². The molecule has 1 saturated heterocycles. The number of esters is 1. The van der Waals surface area contributed by atoms with Gasteiger partial charge < -0.3 is 29.7 Å². The van der Waals surface area contributed by atoms with Crippen LogP contribution in [-0.2, 0) is 27.2 Å². The molecule has 222 valence electrons. The van der Waals surface area contributed by atoms with E-state index in [2.05, 4.69) is 25.2 Å². The third-order valence-electron chi connectivity index (χ3n) is 6.48. The lowest BCUT2D eigenvalue weighted by molar-refractivity contribution is -0.146. The predicted molar refractivity (Wildman–Crippen MR) is 149 cm³/mol. The maximum absolute atomic E-state index is 13.2. The topological polar surface area (TPSA) is 163 Å². The third-order valence-corrected chi connectivity index (χ3v) is 6.48. The summed E-state index contributed by atoms with van der Waals surface area (Å²) in [4.78, 5) is 60.0. The number of nitrogens with zero attached hydrogens (tertiary/aromatic N) is 7. The molecule has 1 atom stereocenters. The minimum atomic E-state index is -1.12. The number of aromatic nitrogens is 4. The van der Waals surface area contributed by atoms with Crippen LogP contribution in [0.5, 0.6) is 0 Å². The molecule has 0 spiro atoms. The number of hydrogen-bond acceptors (Lipinski definition) is 12. The fourth-order valence-corrected chi connectivity index (χ4v) is 4.47. The second kappa shape index (κ2) is 12.6. The number of amides is 1. The summed E-state index contributed by atoms with van der Waals surface area (Å²) in [5.74, 6) is -0.595. The molecule has 0 saturated carbocycles. The number of fused-ring (bicyclic) bond motifs is 1. The van der Waals surface area contributed by atoms with E-state index in [1.807, 2.05) is 39.5 Å². The van der Waals surface area contributed by atoms with E-state index in [1.54, 1.807) is 11.1 Å². The van der Waals surface area contributed by atoms with E-state index in [0.29, 0.717) is 45.2 Å². The monoisotopic (exact) mass is 570 g/mol. The summed E-state index contributed by atoms with van der Waals surface area (Å²) in [5, 5.41) is 12.0. The second-order valence-corrected chi connectivity index (χ2v) is 11.5. The Morgan fingerprint density at radius 1 is 1.07 bits per heavy atom. The average Bonchev–Trinajstić information content (AvgIpc) is 2.93. The van der Waals surface area contributed by atoms with Gasteiger partial charge in [0.1, 0.15) is 11.6 Å². The van der Waals surface area contributed by atoms with Crippen molar-refractivity contribution < 1.29 is 29.0 Å². The summed E-state index contributed by atoms with van der Waals surface area (Å²) < 4.78 is 10.9. The number of nitrogens with one attached hydrogen (secondary N) is 1. The van der Waals surface area contributed by atoms with Crippen molar-refractivity contribution in [2.45, 2.75) is 59.2 Å². The highest BCUT2D eigenvalue weighted by Gasteiger charge is 2.36. The highest BCUT2D eigenvalue weighted by Crippen LogP contribution is 2.23. The lowest BCUT2D eigenvalue weighted by Crippen LogP contribution is -2.58. The van der Waals surface area contributed by atoms with Crippen LogP contribution in [0.3, 0.4) is 0 Å². The number of piperazine rings is 1. The maximum atomic E-state index is 13.2. The van der Waals surface area contributed by atoms with Crippen LogP contribution in [0.2, 0.25) is 0 Å². The van der Waals surface area contributed by atoms with Gasteiger partial charge in [-0.25, -0.2) is 34.3 Å². The fourth-order valence-electron chi connectivity index (χ4n) is 4.47. The molecule has 2 aromatic rings. The van der Waals surface area contributed by atoms with Gasteiger partial charge in [-0.1, -0.05) is 13.8 Å². The number of carbonyl (C=O) groups excluding carboxylic acids is 2. The van der Waals surface area contributed by atoms with Crippen LogP contribution in [0.1, 0.15) is 56.2 Å². The molecule has 0 aromatic carbocycles.